The number of rotatable bonds is 3. The second kappa shape index (κ2) is 5.88. The predicted octanol–water partition coefficient (Wildman–Crippen LogP) is 1.14. The molecule has 1 aromatic rings. The van der Waals surface area contributed by atoms with Crippen molar-refractivity contribution >= 4 is 21.7 Å². The smallest absolute Gasteiger partial charge is 0.243 e. The van der Waals surface area contributed by atoms with E-state index < -0.39 is 16.1 Å². The molecular formula is C13H19N3O3S. The van der Waals surface area contributed by atoms with E-state index in [-0.39, 0.29) is 5.91 Å². The molecule has 2 rings (SSSR count). The van der Waals surface area contributed by atoms with Crippen LogP contribution < -0.4 is 5.32 Å². The molecule has 0 bridgehead atoms. The number of sulfonamides is 1. The van der Waals surface area contributed by atoms with Gasteiger partial charge in [0.05, 0.1) is 6.26 Å². The molecule has 20 heavy (non-hydrogen) atoms. The summed E-state index contributed by atoms with van der Waals surface area (Å²) in [7, 11) is -3.37. The molecule has 1 amide bonds. The van der Waals surface area contributed by atoms with Gasteiger partial charge in [0.1, 0.15) is 11.9 Å². The van der Waals surface area contributed by atoms with Crippen LogP contribution in [0.4, 0.5) is 5.82 Å². The Hall–Kier alpha value is -1.47. The summed E-state index contributed by atoms with van der Waals surface area (Å²) in [6, 6.07) is 2.92. The van der Waals surface area contributed by atoms with E-state index in [4.69, 9.17) is 0 Å². The second-order valence-electron chi connectivity index (χ2n) is 5.10. The molecule has 1 aliphatic rings. The fraction of sp³-hybridized carbons (Fsp3) is 0.538. The lowest BCUT2D eigenvalue weighted by atomic mass is 10.0. The van der Waals surface area contributed by atoms with Crippen LogP contribution in [0.3, 0.4) is 0 Å². The van der Waals surface area contributed by atoms with Crippen molar-refractivity contribution in [2.75, 3.05) is 18.1 Å². The third-order valence-corrected chi connectivity index (χ3v) is 4.63. The number of amides is 1. The standard InChI is InChI=1S/C13H19N3O3S/c1-10-6-7-12(14-9-10)15-13(17)11-5-3-4-8-16(11)20(2,18)19/h6-7,9,11H,3-5,8H2,1-2H3,(H,14,15,17). The molecule has 1 aliphatic heterocycles. The van der Waals surface area contributed by atoms with Crippen molar-refractivity contribution in [2.45, 2.75) is 32.2 Å². The molecule has 0 aliphatic carbocycles. The van der Waals surface area contributed by atoms with Gasteiger partial charge in [-0.25, -0.2) is 13.4 Å². The molecule has 1 N–H and O–H groups in total. The molecule has 0 aromatic carbocycles. The van der Waals surface area contributed by atoms with Crippen molar-refractivity contribution < 1.29 is 13.2 Å². The Morgan fingerprint density at radius 3 is 2.75 bits per heavy atom. The summed E-state index contributed by atoms with van der Waals surface area (Å²) in [6.07, 6.45) is 4.99. The first-order chi connectivity index (χ1) is 9.38. The maximum atomic E-state index is 12.3. The highest BCUT2D eigenvalue weighted by molar-refractivity contribution is 7.88. The Balaban J connectivity index is 2.12. The van der Waals surface area contributed by atoms with Gasteiger partial charge < -0.3 is 5.32 Å². The van der Waals surface area contributed by atoms with E-state index in [1.54, 1.807) is 12.3 Å². The number of nitrogens with zero attached hydrogens (tertiary/aromatic N) is 2. The Kier molecular flexibility index (Phi) is 4.39. The van der Waals surface area contributed by atoms with Crippen LogP contribution in [0.2, 0.25) is 0 Å². The Labute approximate surface area is 119 Å². The first kappa shape index (κ1) is 14.9. The first-order valence-corrected chi connectivity index (χ1v) is 8.43. The third-order valence-electron chi connectivity index (χ3n) is 3.34. The highest BCUT2D eigenvalue weighted by atomic mass is 32.2. The maximum absolute atomic E-state index is 12.3. The molecule has 1 atom stereocenters. The lowest BCUT2D eigenvalue weighted by Crippen LogP contribution is -2.49. The monoisotopic (exact) mass is 297 g/mol. The van der Waals surface area contributed by atoms with Crippen LogP contribution >= 0.6 is 0 Å². The molecule has 1 aromatic heterocycles. The molecule has 6 nitrogen and oxygen atoms in total. The average molecular weight is 297 g/mol. The molecule has 110 valence electrons. The first-order valence-electron chi connectivity index (χ1n) is 6.58. The van der Waals surface area contributed by atoms with Gasteiger partial charge in [0.25, 0.3) is 0 Å². The molecular weight excluding hydrogens is 278 g/mol. The highest BCUT2D eigenvalue weighted by Crippen LogP contribution is 2.21. The molecule has 7 heteroatoms. The summed E-state index contributed by atoms with van der Waals surface area (Å²) in [6.45, 7) is 2.31. The quantitative estimate of drug-likeness (QED) is 0.907. The Morgan fingerprint density at radius 2 is 2.15 bits per heavy atom. The molecule has 0 saturated carbocycles. The summed E-state index contributed by atoms with van der Waals surface area (Å²) in [4.78, 5) is 16.4. The Morgan fingerprint density at radius 1 is 1.40 bits per heavy atom. The fourth-order valence-corrected chi connectivity index (χ4v) is 3.44. The Bertz CT molecular complexity index is 583. The van der Waals surface area contributed by atoms with E-state index >= 15 is 0 Å². The van der Waals surface area contributed by atoms with Crippen LogP contribution in [0, 0.1) is 6.92 Å². The number of aromatic nitrogens is 1. The zero-order chi connectivity index (χ0) is 14.8. The van der Waals surface area contributed by atoms with Gasteiger partial charge in [0, 0.05) is 12.7 Å². The summed E-state index contributed by atoms with van der Waals surface area (Å²) in [5.74, 6) is 0.131. The number of nitrogens with one attached hydrogen (secondary N) is 1. The maximum Gasteiger partial charge on any atom is 0.243 e. The number of pyridine rings is 1. The minimum atomic E-state index is -3.37. The minimum absolute atomic E-state index is 0.313. The van der Waals surface area contributed by atoms with E-state index in [0.717, 1.165) is 24.7 Å². The zero-order valence-electron chi connectivity index (χ0n) is 11.7. The van der Waals surface area contributed by atoms with Gasteiger partial charge in [-0.3, -0.25) is 4.79 Å². The average Bonchev–Trinajstić information content (AvgIpc) is 2.40. The molecule has 1 saturated heterocycles. The van der Waals surface area contributed by atoms with Crippen molar-refractivity contribution in [2.24, 2.45) is 0 Å². The van der Waals surface area contributed by atoms with Gasteiger partial charge in [-0.1, -0.05) is 12.5 Å². The van der Waals surface area contributed by atoms with Crippen molar-refractivity contribution in [1.82, 2.24) is 9.29 Å². The van der Waals surface area contributed by atoms with E-state index in [1.807, 2.05) is 13.0 Å². The summed E-state index contributed by atoms with van der Waals surface area (Å²) in [5, 5.41) is 2.68. The number of hydrogen-bond acceptors (Lipinski definition) is 4. The van der Waals surface area contributed by atoms with Gasteiger partial charge in [-0.05, 0) is 31.4 Å². The second-order valence-corrected chi connectivity index (χ2v) is 7.03. The van der Waals surface area contributed by atoms with Gasteiger partial charge in [0.2, 0.25) is 15.9 Å². The van der Waals surface area contributed by atoms with Crippen LogP contribution in [0.1, 0.15) is 24.8 Å². The number of carbonyl (C=O) groups is 1. The van der Waals surface area contributed by atoms with E-state index in [1.165, 1.54) is 4.31 Å². The summed E-state index contributed by atoms with van der Waals surface area (Å²) in [5.41, 5.74) is 0.999. The zero-order valence-corrected chi connectivity index (χ0v) is 12.5. The third kappa shape index (κ3) is 3.55. The molecule has 2 heterocycles. The van der Waals surface area contributed by atoms with Gasteiger partial charge in [-0.15, -0.1) is 0 Å². The van der Waals surface area contributed by atoms with Crippen molar-refractivity contribution in [3.63, 3.8) is 0 Å². The minimum Gasteiger partial charge on any atom is -0.309 e. The largest absolute Gasteiger partial charge is 0.309 e. The van der Waals surface area contributed by atoms with E-state index in [2.05, 4.69) is 10.3 Å². The summed E-state index contributed by atoms with van der Waals surface area (Å²) >= 11 is 0. The molecule has 0 spiro atoms. The number of carbonyl (C=O) groups excluding carboxylic acids is 1. The van der Waals surface area contributed by atoms with Crippen LogP contribution in [-0.4, -0.2) is 42.5 Å². The van der Waals surface area contributed by atoms with Crippen LogP contribution in [0.5, 0.6) is 0 Å². The van der Waals surface area contributed by atoms with Crippen molar-refractivity contribution in [3.8, 4) is 0 Å². The molecule has 1 unspecified atom stereocenters. The molecule has 0 radical (unpaired) electrons. The fourth-order valence-electron chi connectivity index (χ4n) is 2.32. The van der Waals surface area contributed by atoms with Gasteiger partial charge in [0.15, 0.2) is 0 Å². The number of piperidine rings is 1. The van der Waals surface area contributed by atoms with Crippen LogP contribution in [0.25, 0.3) is 0 Å². The van der Waals surface area contributed by atoms with Gasteiger partial charge in [-0.2, -0.15) is 4.31 Å². The predicted molar refractivity (Wildman–Crippen MR) is 76.8 cm³/mol. The number of anilines is 1. The van der Waals surface area contributed by atoms with Gasteiger partial charge >= 0.3 is 0 Å². The van der Waals surface area contributed by atoms with E-state index in [9.17, 15) is 13.2 Å². The van der Waals surface area contributed by atoms with Crippen molar-refractivity contribution in [1.29, 1.82) is 0 Å². The number of aryl methyl sites for hydroxylation is 1. The van der Waals surface area contributed by atoms with E-state index in [0.29, 0.717) is 18.8 Å². The van der Waals surface area contributed by atoms with Crippen molar-refractivity contribution in [3.05, 3.63) is 23.9 Å². The molecule has 1 fully saturated rings. The lowest BCUT2D eigenvalue weighted by molar-refractivity contribution is -0.120. The highest BCUT2D eigenvalue weighted by Gasteiger charge is 2.34. The normalized spacial score (nSPS) is 20.6. The number of hydrogen-bond donors (Lipinski definition) is 1. The van der Waals surface area contributed by atoms with Crippen LogP contribution in [0.15, 0.2) is 18.3 Å². The summed E-state index contributed by atoms with van der Waals surface area (Å²) < 4.78 is 24.7. The SMILES string of the molecule is Cc1ccc(NC(=O)C2CCCCN2S(C)(=O)=O)nc1. The topological polar surface area (TPSA) is 79.4 Å². The van der Waals surface area contributed by atoms with Crippen LogP contribution in [-0.2, 0) is 14.8 Å². The lowest BCUT2D eigenvalue weighted by Gasteiger charge is -2.32.